The van der Waals surface area contributed by atoms with Crippen LogP contribution >= 0.6 is 24.8 Å². The monoisotopic (exact) mass is 450 g/mol. The van der Waals surface area contributed by atoms with Gasteiger partial charge in [-0.05, 0) is 62.9 Å². The Morgan fingerprint density at radius 2 is 1.90 bits per heavy atom. The molecule has 5 rings (SSSR count). The fraction of sp³-hybridized carbons (Fsp3) is 0.565. The van der Waals surface area contributed by atoms with Crippen LogP contribution in [0.4, 0.5) is 0 Å². The third kappa shape index (κ3) is 4.31. The minimum atomic E-state index is 0. The fourth-order valence-corrected chi connectivity index (χ4v) is 5.73. The number of nitrogens with zero attached hydrogens (tertiary/aromatic N) is 3. The van der Waals surface area contributed by atoms with Gasteiger partial charge < -0.3 is 14.8 Å². The van der Waals surface area contributed by atoms with Crippen molar-refractivity contribution in [3.05, 3.63) is 63.8 Å². The Balaban J connectivity index is 0.00000128. The molecular formula is C23H32Cl2N4O. The van der Waals surface area contributed by atoms with Gasteiger partial charge in [0.1, 0.15) is 0 Å². The van der Waals surface area contributed by atoms with Crippen molar-refractivity contribution in [1.29, 1.82) is 0 Å². The van der Waals surface area contributed by atoms with Gasteiger partial charge in [0.25, 0.3) is 5.56 Å². The first-order valence-electron chi connectivity index (χ1n) is 10.7. The molecule has 2 bridgehead atoms. The van der Waals surface area contributed by atoms with Crippen LogP contribution in [0.15, 0.2) is 41.3 Å². The van der Waals surface area contributed by atoms with Crippen LogP contribution in [0.1, 0.15) is 42.1 Å². The van der Waals surface area contributed by atoms with E-state index in [9.17, 15) is 4.79 Å². The predicted molar refractivity (Wildman–Crippen MR) is 125 cm³/mol. The van der Waals surface area contributed by atoms with Crippen LogP contribution in [0.2, 0.25) is 0 Å². The molecule has 1 N–H and O–H groups in total. The molecule has 0 spiro atoms. The first-order valence-corrected chi connectivity index (χ1v) is 10.7. The van der Waals surface area contributed by atoms with Gasteiger partial charge in [-0.25, -0.2) is 0 Å². The lowest BCUT2D eigenvalue weighted by molar-refractivity contribution is 0.0847. The lowest BCUT2D eigenvalue weighted by atomic mass is 9.74. The van der Waals surface area contributed by atoms with E-state index in [0.29, 0.717) is 11.8 Å². The van der Waals surface area contributed by atoms with Crippen molar-refractivity contribution in [2.45, 2.75) is 44.1 Å². The molecule has 2 atom stereocenters. The second kappa shape index (κ2) is 9.39. The van der Waals surface area contributed by atoms with Crippen LogP contribution in [0.5, 0.6) is 0 Å². The zero-order valence-electron chi connectivity index (χ0n) is 17.5. The molecule has 0 radical (unpaired) electrons. The van der Waals surface area contributed by atoms with E-state index in [1.54, 1.807) is 6.07 Å². The number of rotatable bonds is 3. The van der Waals surface area contributed by atoms with E-state index in [2.05, 4.69) is 35.3 Å². The molecule has 2 saturated heterocycles. The van der Waals surface area contributed by atoms with Crippen LogP contribution < -0.4 is 10.9 Å². The van der Waals surface area contributed by atoms with Crippen molar-refractivity contribution in [3.8, 4) is 0 Å². The summed E-state index contributed by atoms with van der Waals surface area (Å²) < 4.78 is 2.03. The maximum Gasteiger partial charge on any atom is 0.250 e. The minimum absolute atomic E-state index is 0. The van der Waals surface area contributed by atoms with E-state index >= 15 is 0 Å². The Kier molecular flexibility index (Phi) is 7.28. The number of likely N-dealkylation sites (tertiary alicyclic amines) is 1. The Labute approximate surface area is 191 Å². The summed E-state index contributed by atoms with van der Waals surface area (Å²) in [6, 6.07) is 10.3. The Hall–Kier alpha value is -1.40. The first kappa shape index (κ1) is 23.3. The lowest BCUT2D eigenvalue weighted by Gasteiger charge is -2.47. The molecule has 5 heterocycles. The number of aryl methyl sites for hydroxylation is 1. The van der Waals surface area contributed by atoms with Gasteiger partial charge in [0.2, 0.25) is 0 Å². The molecule has 3 aliphatic rings. The molecule has 0 saturated carbocycles. The normalized spacial score (nSPS) is 24.8. The standard InChI is InChI=1S/C23H30N4O.2ClH/c1-17-5-6-21(25-12-17)23(7-9-24-10-8-23)16-26-13-18-11-19(15-26)20-3-2-4-22(28)27(20)14-18;;/h2-6,12,18-19,24H,7-11,13-16H2,1H3;2*1H. The predicted octanol–water partition coefficient (Wildman–Crippen LogP) is 3.14. The number of hydrogen-bond donors (Lipinski definition) is 1. The summed E-state index contributed by atoms with van der Waals surface area (Å²) in [6.07, 6.45) is 5.53. The molecule has 164 valence electrons. The minimum Gasteiger partial charge on any atom is -0.317 e. The Bertz CT molecular complexity index is 908. The molecule has 0 aromatic carbocycles. The highest BCUT2D eigenvalue weighted by Crippen LogP contribution is 2.39. The van der Waals surface area contributed by atoms with Gasteiger partial charge in [0, 0.05) is 61.2 Å². The van der Waals surface area contributed by atoms with Crippen LogP contribution in [-0.4, -0.2) is 47.2 Å². The summed E-state index contributed by atoms with van der Waals surface area (Å²) in [6.45, 7) is 8.34. The Morgan fingerprint density at radius 3 is 2.63 bits per heavy atom. The number of hydrogen-bond acceptors (Lipinski definition) is 4. The van der Waals surface area contributed by atoms with Crippen LogP contribution in [-0.2, 0) is 12.0 Å². The highest BCUT2D eigenvalue weighted by atomic mass is 35.5. The van der Waals surface area contributed by atoms with Crippen LogP contribution in [0, 0.1) is 12.8 Å². The van der Waals surface area contributed by atoms with Gasteiger partial charge in [-0.1, -0.05) is 12.1 Å². The van der Waals surface area contributed by atoms with Crippen LogP contribution in [0.25, 0.3) is 0 Å². The van der Waals surface area contributed by atoms with E-state index in [4.69, 9.17) is 4.98 Å². The Morgan fingerprint density at radius 1 is 1.10 bits per heavy atom. The molecule has 3 aliphatic heterocycles. The number of fused-ring (bicyclic) bond motifs is 4. The van der Waals surface area contributed by atoms with E-state index in [1.807, 2.05) is 16.8 Å². The van der Waals surface area contributed by atoms with Crippen molar-refractivity contribution in [2.24, 2.45) is 5.92 Å². The smallest absolute Gasteiger partial charge is 0.250 e. The van der Waals surface area contributed by atoms with Crippen molar-refractivity contribution in [2.75, 3.05) is 32.7 Å². The summed E-state index contributed by atoms with van der Waals surface area (Å²) >= 11 is 0. The number of nitrogens with one attached hydrogen (secondary N) is 1. The van der Waals surface area contributed by atoms with Gasteiger partial charge in [0.15, 0.2) is 0 Å². The third-order valence-corrected chi connectivity index (χ3v) is 7.10. The molecule has 30 heavy (non-hydrogen) atoms. The molecule has 5 nitrogen and oxygen atoms in total. The molecule has 0 amide bonds. The molecule has 2 aromatic rings. The van der Waals surface area contributed by atoms with E-state index in [0.717, 1.165) is 52.1 Å². The van der Waals surface area contributed by atoms with Crippen molar-refractivity contribution in [1.82, 2.24) is 19.8 Å². The molecule has 2 fully saturated rings. The second-order valence-corrected chi connectivity index (χ2v) is 9.14. The topological polar surface area (TPSA) is 50.2 Å². The molecule has 0 aliphatic carbocycles. The maximum absolute atomic E-state index is 12.3. The van der Waals surface area contributed by atoms with Crippen molar-refractivity contribution in [3.63, 3.8) is 0 Å². The zero-order valence-corrected chi connectivity index (χ0v) is 19.2. The van der Waals surface area contributed by atoms with Gasteiger partial charge in [0.05, 0.1) is 0 Å². The fourth-order valence-electron chi connectivity index (χ4n) is 5.73. The average molecular weight is 451 g/mol. The molecule has 2 aromatic heterocycles. The SMILES string of the molecule is Cc1ccc(C2(CN3CC4CC(C3)c3cccc(=O)n3C4)CCNCC2)nc1.Cl.Cl. The highest BCUT2D eigenvalue weighted by Gasteiger charge is 2.41. The third-order valence-electron chi connectivity index (χ3n) is 7.10. The summed E-state index contributed by atoms with van der Waals surface area (Å²) in [5, 5.41) is 3.53. The van der Waals surface area contributed by atoms with Crippen molar-refractivity contribution < 1.29 is 0 Å². The van der Waals surface area contributed by atoms with E-state index in [-0.39, 0.29) is 35.8 Å². The second-order valence-electron chi connectivity index (χ2n) is 9.14. The summed E-state index contributed by atoms with van der Waals surface area (Å²) in [4.78, 5) is 19.8. The largest absolute Gasteiger partial charge is 0.317 e. The first-order chi connectivity index (χ1) is 13.6. The number of aromatic nitrogens is 2. The molecular weight excluding hydrogens is 419 g/mol. The van der Waals surface area contributed by atoms with Gasteiger partial charge in [-0.15, -0.1) is 24.8 Å². The highest BCUT2D eigenvalue weighted by molar-refractivity contribution is 5.85. The number of pyridine rings is 2. The summed E-state index contributed by atoms with van der Waals surface area (Å²) in [5.74, 6) is 1.06. The molecule has 7 heteroatoms. The number of piperidine rings is 2. The van der Waals surface area contributed by atoms with E-state index < -0.39 is 0 Å². The zero-order chi connectivity index (χ0) is 19.1. The number of halogens is 2. The molecule has 2 unspecified atom stereocenters. The van der Waals surface area contributed by atoms with Gasteiger partial charge in [-0.3, -0.25) is 9.78 Å². The maximum atomic E-state index is 12.3. The van der Waals surface area contributed by atoms with Crippen molar-refractivity contribution >= 4 is 24.8 Å². The van der Waals surface area contributed by atoms with Gasteiger partial charge in [-0.2, -0.15) is 0 Å². The van der Waals surface area contributed by atoms with Crippen LogP contribution in [0.3, 0.4) is 0 Å². The van der Waals surface area contributed by atoms with E-state index in [1.165, 1.54) is 23.4 Å². The lowest BCUT2D eigenvalue weighted by Crippen LogP contribution is -2.53. The summed E-state index contributed by atoms with van der Waals surface area (Å²) in [7, 11) is 0. The quantitative estimate of drug-likeness (QED) is 0.779. The summed E-state index contributed by atoms with van der Waals surface area (Å²) in [5.41, 5.74) is 4.02. The van der Waals surface area contributed by atoms with Gasteiger partial charge >= 0.3 is 0 Å². The average Bonchev–Trinajstić information content (AvgIpc) is 2.70.